The molecule has 0 unspecified atom stereocenters. The number of allylic oxidation sites excluding steroid dienone is 2. The molecule has 0 spiro atoms. The van der Waals surface area contributed by atoms with Gasteiger partial charge >= 0.3 is 5.63 Å². The van der Waals surface area contributed by atoms with Crippen molar-refractivity contribution in [2.24, 2.45) is 0 Å². The molecule has 1 amide bonds. The van der Waals surface area contributed by atoms with Gasteiger partial charge in [-0.25, -0.2) is 4.79 Å². The Hall–Kier alpha value is -3.93. The lowest BCUT2D eigenvalue weighted by Gasteiger charge is -2.22. The highest BCUT2D eigenvalue weighted by Crippen LogP contribution is 2.33. The third-order valence-electron chi connectivity index (χ3n) is 5.58. The summed E-state index contributed by atoms with van der Waals surface area (Å²) in [6.45, 7) is 5.48. The van der Waals surface area contributed by atoms with Crippen LogP contribution in [0, 0.1) is 0 Å². The van der Waals surface area contributed by atoms with Crippen molar-refractivity contribution in [3.05, 3.63) is 106 Å². The molecule has 6 nitrogen and oxygen atoms in total. The summed E-state index contributed by atoms with van der Waals surface area (Å²) in [6.07, 6.45) is 2.26. The zero-order valence-electron chi connectivity index (χ0n) is 17.3. The smallest absolute Gasteiger partial charge is 0.349 e. The fraction of sp³-hybridized carbons (Fsp3) is 0.160. The van der Waals surface area contributed by atoms with Gasteiger partial charge in [0.1, 0.15) is 22.9 Å². The second-order valence-corrected chi connectivity index (χ2v) is 7.48. The zero-order chi connectivity index (χ0) is 22.1. The molecule has 0 fully saturated rings. The highest BCUT2D eigenvalue weighted by Gasteiger charge is 2.37. The van der Waals surface area contributed by atoms with E-state index in [1.165, 1.54) is 6.07 Å². The molecule has 0 saturated carbocycles. The first-order chi connectivity index (χ1) is 14.9. The van der Waals surface area contributed by atoms with Gasteiger partial charge in [0.15, 0.2) is 0 Å². The second-order valence-electron chi connectivity index (χ2n) is 7.48. The predicted molar refractivity (Wildman–Crippen MR) is 119 cm³/mol. The van der Waals surface area contributed by atoms with Crippen LogP contribution in [0.3, 0.4) is 0 Å². The average Bonchev–Trinajstić information content (AvgIpc) is 2.97. The predicted octanol–water partition coefficient (Wildman–Crippen LogP) is 3.74. The maximum absolute atomic E-state index is 13.1. The molecular weight excluding hydrogens is 392 g/mol. The van der Waals surface area contributed by atoms with Crippen LogP contribution >= 0.6 is 0 Å². The van der Waals surface area contributed by atoms with Crippen LogP contribution in [-0.2, 0) is 11.2 Å². The fourth-order valence-corrected chi connectivity index (χ4v) is 3.88. The van der Waals surface area contributed by atoms with Crippen molar-refractivity contribution in [2.45, 2.75) is 19.4 Å². The van der Waals surface area contributed by atoms with Crippen molar-refractivity contribution in [1.82, 2.24) is 10.2 Å². The van der Waals surface area contributed by atoms with E-state index in [2.05, 4.69) is 11.9 Å². The molecule has 1 aromatic heterocycles. The first-order valence-electron chi connectivity index (χ1n) is 9.93. The van der Waals surface area contributed by atoms with Crippen molar-refractivity contribution in [3.63, 3.8) is 0 Å². The number of fused-ring (bicyclic) bond motifs is 1. The quantitative estimate of drug-likeness (QED) is 0.508. The summed E-state index contributed by atoms with van der Waals surface area (Å²) in [5, 5.41) is 3.27. The Balaban J connectivity index is 1.66. The molecule has 0 saturated heterocycles. The van der Waals surface area contributed by atoms with Gasteiger partial charge in [-0.2, -0.15) is 0 Å². The van der Waals surface area contributed by atoms with Crippen molar-refractivity contribution in [3.8, 4) is 0 Å². The highest BCUT2D eigenvalue weighted by atomic mass is 16.4. The van der Waals surface area contributed by atoms with E-state index in [0.29, 0.717) is 23.1 Å². The molecule has 1 N–H and O–H groups in total. The van der Waals surface area contributed by atoms with Crippen LogP contribution in [0.4, 0.5) is 0 Å². The maximum Gasteiger partial charge on any atom is 0.349 e. The number of likely N-dealkylation sites (N-methyl/N-ethyl adjacent to an activating group) is 1. The van der Waals surface area contributed by atoms with Gasteiger partial charge in [-0.3, -0.25) is 9.59 Å². The molecule has 0 radical (unpaired) electrons. The Kier molecular flexibility index (Phi) is 5.29. The van der Waals surface area contributed by atoms with E-state index in [0.717, 1.165) is 11.1 Å². The molecule has 156 valence electrons. The van der Waals surface area contributed by atoms with Crippen LogP contribution in [0.2, 0.25) is 0 Å². The lowest BCUT2D eigenvalue weighted by molar-refractivity contribution is -0.118. The summed E-state index contributed by atoms with van der Waals surface area (Å²) in [4.78, 5) is 40.4. The van der Waals surface area contributed by atoms with E-state index >= 15 is 0 Å². The molecule has 31 heavy (non-hydrogen) atoms. The first kappa shape index (κ1) is 20.3. The number of carbonyl (C=O) groups excluding carboxylic acids is 2. The minimum Gasteiger partial charge on any atom is -0.422 e. The maximum atomic E-state index is 13.1. The fourth-order valence-electron chi connectivity index (χ4n) is 3.88. The molecule has 2 aromatic carbocycles. The Morgan fingerprint density at radius 2 is 1.90 bits per heavy atom. The number of Topliss-reactive ketones (excluding diaryl/α,β-unsaturated/α-hetero) is 1. The molecule has 0 bridgehead atoms. The number of para-hydroxylation sites is 1. The van der Waals surface area contributed by atoms with Crippen molar-refractivity contribution in [2.75, 3.05) is 7.05 Å². The SMILES string of the molecule is C=CCc1cccc2cc(C(=O)NC3=C(C)N(C)[C@@H](c4ccccc4)C3=O)c(=O)oc12. The van der Waals surface area contributed by atoms with Crippen LogP contribution < -0.4 is 10.9 Å². The number of hydrogen-bond donors (Lipinski definition) is 1. The lowest BCUT2D eigenvalue weighted by Crippen LogP contribution is -2.31. The number of rotatable bonds is 5. The molecule has 2 heterocycles. The Morgan fingerprint density at radius 3 is 2.61 bits per heavy atom. The van der Waals surface area contributed by atoms with Gasteiger partial charge in [-0.05, 0) is 30.5 Å². The minimum atomic E-state index is -0.752. The largest absolute Gasteiger partial charge is 0.422 e. The van der Waals surface area contributed by atoms with Gasteiger partial charge in [0.2, 0.25) is 5.78 Å². The summed E-state index contributed by atoms with van der Waals surface area (Å²) in [5.41, 5.74) is 1.99. The Labute approximate surface area is 179 Å². The molecule has 4 rings (SSSR count). The molecule has 6 heteroatoms. The number of nitrogens with one attached hydrogen (secondary N) is 1. The highest BCUT2D eigenvalue weighted by molar-refractivity contribution is 6.08. The summed E-state index contributed by atoms with van der Waals surface area (Å²) in [7, 11) is 1.80. The number of benzene rings is 2. The van der Waals surface area contributed by atoms with Crippen LogP contribution in [-0.4, -0.2) is 23.6 Å². The number of carbonyl (C=O) groups is 2. The minimum absolute atomic E-state index is 0.151. The number of amides is 1. The average molecular weight is 414 g/mol. The number of ketones is 1. The van der Waals surface area contributed by atoms with Crippen LogP contribution in [0.1, 0.15) is 34.5 Å². The van der Waals surface area contributed by atoms with Gasteiger partial charge < -0.3 is 14.6 Å². The molecule has 0 aliphatic carbocycles. The second kappa shape index (κ2) is 8.07. The van der Waals surface area contributed by atoms with E-state index in [1.807, 2.05) is 47.4 Å². The van der Waals surface area contributed by atoms with Crippen LogP contribution in [0.5, 0.6) is 0 Å². The first-order valence-corrected chi connectivity index (χ1v) is 9.93. The Morgan fingerprint density at radius 1 is 1.16 bits per heavy atom. The van der Waals surface area contributed by atoms with E-state index in [1.54, 1.807) is 26.1 Å². The summed E-state index contributed by atoms with van der Waals surface area (Å²) in [6, 6.07) is 15.8. The van der Waals surface area contributed by atoms with Gasteiger partial charge in [-0.1, -0.05) is 54.6 Å². The van der Waals surface area contributed by atoms with E-state index in [9.17, 15) is 14.4 Å². The summed E-state index contributed by atoms with van der Waals surface area (Å²) >= 11 is 0. The van der Waals surface area contributed by atoms with Gasteiger partial charge in [0.25, 0.3) is 5.91 Å². The molecule has 1 atom stereocenters. The standard InChI is InChI=1S/C25H22N2O4/c1-4-9-17-12-8-13-18-14-19(25(30)31-23(17)18)24(29)26-20-15(2)27(3)21(22(20)28)16-10-6-5-7-11-16/h4-8,10-14,21H,1,9H2,2-3H3,(H,26,29)/t21-/m0/s1. The summed E-state index contributed by atoms with van der Waals surface area (Å²) < 4.78 is 5.45. The molecule has 1 aliphatic heterocycles. The molecule has 3 aromatic rings. The third kappa shape index (κ3) is 3.57. The summed E-state index contributed by atoms with van der Waals surface area (Å²) in [5.74, 6) is -0.896. The zero-order valence-corrected chi connectivity index (χ0v) is 17.3. The molecule has 1 aliphatic rings. The Bertz CT molecular complexity index is 1290. The van der Waals surface area contributed by atoms with Crippen molar-refractivity contribution in [1.29, 1.82) is 0 Å². The monoisotopic (exact) mass is 414 g/mol. The van der Waals surface area contributed by atoms with E-state index < -0.39 is 17.6 Å². The van der Waals surface area contributed by atoms with Crippen molar-refractivity contribution < 1.29 is 14.0 Å². The third-order valence-corrected chi connectivity index (χ3v) is 5.58. The van der Waals surface area contributed by atoms with E-state index in [4.69, 9.17) is 4.42 Å². The number of hydrogen-bond acceptors (Lipinski definition) is 5. The van der Waals surface area contributed by atoms with Crippen LogP contribution in [0.25, 0.3) is 11.0 Å². The van der Waals surface area contributed by atoms with Crippen LogP contribution in [0.15, 0.2) is 87.9 Å². The van der Waals surface area contributed by atoms with Gasteiger partial charge in [-0.15, -0.1) is 6.58 Å². The normalized spacial score (nSPS) is 16.1. The van der Waals surface area contributed by atoms with Crippen molar-refractivity contribution >= 4 is 22.7 Å². The van der Waals surface area contributed by atoms with E-state index in [-0.39, 0.29) is 17.0 Å². The molecular formula is C25H22N2O4. The lowest BCUT2D eigenvalue weighted by atomic mass is 10.0. The van der Waals surface area contributed by atoms with Gasteiger partial charge in [0, 0.05) is 18.1 Å². The topological polar surface area (TPSA) is 79.6 Å². The number of nitrogens with zero attached hydrogens (tertiary/aromatic N) is 1. The van der Waals surface area contributed by atoms with Gasteiger partial charge in [0.05, 0.1) is 0 Å².